The fourth-order valence-electron chi connectivity index (χ4n) is 3.77. The van der Waals surface area contributed by atoms with E-state index in [4.69, 9.17) is 0 Å². The summed E-state index contributed by atoms with van der Waals surface area (Å²) < 4.78 is 1.85. The molecule has 2 amide bonds. The first-order chi connectivity index (χ1) is 16.6. The highest BCUT2D eigenvalue weighted by atomic mass is 32.1. The fourth-order valence-corrected chi connectivity index (χ4v) is 4.57. The molecule has 0 bridgehead atoms. The summed E-state index contributed by atoms with van der Waals surface area (Å²) in [6.07, 6.45) is 7.64. The second-order valence-corrected chi connectivity index (χ2v) is 9.07. The number of hydrogen-bond donors (Lipinski definition) is 2. The van der Waals surface area contributed by atoms with Crippen molar-refractivity contribution in [2.75, 3.05) is 5.32 Å². The number of thiophene rings is 1. The maximum Gasteiger partial charge on any atom is 0.252 e. The number of imidazole rings is 1. The quantitative estimate of drug-likeness (QED) is 0.322. The Kier molecular flexibility index (Phi) is 7.88. The standard InChI is InChI=1S/C27H28N4O2S/c1-2-5-20-9-11-21(12-10-20)26(24-8-4-17-34-24)30-27(33)22-6-3-7-23(18-22)29-25(32)13-15-31-16-14-28-19-31/h3-4,6-12,14,16-19,26H,2,5,13,15H2,1H3,(H,29,32)(H,30,33). The van der Waals surface area contributed by atoms with Crippen molar-refractivity contribution in [2.24, 2.45) is 0 Å². The highest BCUT2D eigenvalue weighted by Crippen LogP contribution is 2.27. The van der Waals surface area contributed by atoms with Crippen LogP contribution < -0.4 is 10.6 Å². The molecule has 1 atom stereocenters. The zero-order valence-electron chi connectivity index (χ0n) is 19.1. The SMILES string of the molecule is CCCc1ccc(C(NC(=O)c2cccc(NC(=O)CCn3ccnc3)c2)c2cccs2)cc1. The van der Waals surface area contributed by atoms with Gasteiger partial charge in [0.05, 0.1) is 12.4 Å². The van der Waals surface area contributed by atoms with Gasteiger partial charge in [-0.2, -0.15) is 0 Å². The monoisotopic (exact) mass is 472 g/mol. The van der Waals surface area contributed by atoms with Crippen molar-refractivity contribution in [3.63, 3.8) is 0 Å². The van der Waals surface area contributed by atoms with Crippen LogP contribution in [0.25, 0.3) is 0 Å². The van der Waals surface area contributed by atoms with Gasteiger partial charge in [-0.25, -0.2) is 4.98 Å². The van der Waals surface area contributed by atoms with E-state index < -0.39 is 0 Å². The number of aryl methyl sites for hydroxylation is 2. The molecule has 4 aromatic rings. The summed E-state index contributed by atoms with van der Waals surface area (Å²) in [6, 6.07) is 19.3. The summed E-state index contributed by atoms with van der Waals surface area (Å²) in [6.45, 7) is 2.71. The summed E-state index contributed by atoms with van der Waals surface area (Å²) in [4.78, 5) is 30.6. The fraction of sp³-hybridized carbons (Fsp3) is 0.222. The lowest BCUT2D eigenvalue weighted by Crippen LogP contribution is -2.29. The van der Waals surface area contributed by atoms with E-state index in [1.165, 1.54) is 5.56 Å². The Morgan fingerprint density at radius 2 is 1.94 bits per heavy atom. The molecule has 34 heavy (non-hydrogen) atoms. The minimum Gasteiger partial charge on any atom is -0.340 e. The predicted molar refractivity (Wildman–Crippen MR) is 136 cm³/mol. The predicted octanol–water partition coefficient (Wildman–Crippen LogP) is 5.45. The Balaban J connectivity index is 1.44. The van der Waals surface area contributed by atoms with E-state index in [0.29, 0.717) is 24.2 Å². The molecule has 0 aliphatic carbocycles. The minimum absolute atomic E-state index is 0.116. The van der Waals surface area contributed by atoms with Crippen molar-refractivity contribution in [1.29, 1.82) is 0 Å². The lowest BCUT2D eigenvalue weighted by atomic mass is 10.0. The van der Waals surface area contributed by atoms with Crippen molar-refractivity contribution in [2.45, 2.75) is 38.8 Å². The second kappa shape index (κ2) is 11.4. The molecule has 0 radical (unpaired) electrons. The summed E-state index contributed by atoms with van der Waals surface area (Å²) in [5, 5.41) is 8.07. The van der Waals surface area contributed by atoms with E-state index in [9.17, 15) is 9.59 Å². The molecule has 174 valence electrons. The molecular weight excluding hydrogens is 444 g/mol. The maximum atomic E-state index is 13.2. The molecule has 0 spiro atoms. The molecule has 2 aromatic carbocycles. The van der Waals surface area contributed by atoms with Crippen LogP contribution in [0.4, 0.5) is 5.69 Å². The van der Waals surface area contributed by atoms with Crippen LogP contribution in [-0.4, -0.2) is 21.4 Å². The van der Waals surface area contributed by atoms with Crippen molar-refractivity contribution in [1.82, 2.24) is 14.9 Å². The van der Waals surface area contributed by atoms with Gasteiger partial charge >= 0.3 is 0 Å². The molecule has 0 aliphatic rings. The number of nitrogens with zero attached hydrogens (tertiary/aromatic N) is 2. The number of benzene rings is 2. The van der Waals surface area contributed by atoms with Crippen LogP contribution in [0.5, 0.6) is 0 Å². The van der Waals surface area contributed by atoms with Gasteiger partial charge in [0.1, 0.15) is 0 Å². The first-order valence-corrected chi connectivity index (χ1v) is 12.3. The molecule has 4 rings (SSSR count). The number of hydrogen-bond acceptors (Lipinski definition) is 4. The van der Waals surface area contributed by atoms with Gasteiger partial charge in [0, 0.05) is 41.5 Å². The van der Waals surface area contributed by atoms with E-state index in [1.807, 2.05) is 28.3 Å². The Labute approximate surface area is 203 Å². The molecule has 2 aromatic heterocycles. The Hall–Kier alpha value is -3.71. The second-order valence-electron chi connectivity index (χ2n) is 8.09. The first-order valence-electron chi connectivity index (χ1n) is 11.4. The average Bonchev–Trinajstić information content (AvgIpc) is 3.57. The number of amides is 2. The number of rotatable bonds is 10. The highest BCUT2D eigenvalue weighted by Gasteiger charge is 2.19. The van der Waals surface area contributed by atoms with Crippen LogP contribution >= 0.6 is 11.3 Å². The van der Waals surface area contributed by atoms with Gasteiger partial charge in [-0.05, 0) is 47.2 Å². The molecule has 2 N–H and O–H groups in total. The molecular formula is C27H28N4O2S. The van der Waals surface area contributed by atoms with Crippen molar-refractivity contribution >= 4 is 28.8 Å². The van der Waals surface area contributed by atoms with Gasteiger partial charge in [-0.15, -0.1) is 11.3 Å². The van der Waals surface area contributed by atoms with Crippen LogP contribution in [0.3, 0.4) is 0 Å². The lowest BCUT2D eigenvalue weighted by molar-refractivity contribution is -0.116. The van der Waals surface area contributed by atoms with Crippen molar-refractivity contribution < 1.29 is 9.59 Å². The molecule has 7 heteroatoms. The molecule has 2 heterocycles. The van der Waals surface area contributed by atoms with E-state index in [0.717, 1.165) is 23.3 Å². The summed E-state index contributed by atoms with van der Waals surface area (Å²) >= 11 is 1.62. The van der Waals surface area contributed by atoms with Gasteiger partial charge in [0.2, 0.25) is 5.91 Å². The third kappa shape index (κ3) is 6.20. The zero-order valence-corrected chi connectivity index (χ0v) is 19.9. The van der Waals surface area contributed by atoms with Crippen LogP contribution in [0, 0.1) is 0 Å². The molecule has 0 saturated carbocycles. The van der Waals surface area contributed by atoms with Gasteiger partial charge in [0.15, 0.2) is 0 Å². The Morgan fingerprint density at radius 1 is 1.09 bits per heavy atom. The zero-order chi connectivity index (χ0) is 23.8. The van der Waals surface area contributed by atoms with Gasteiger partial charge in [-0.1, -0.05) is 49.7 Å². The maximum absolute atomic E-state index is 13.2. The number of nitrogens with one attached hydrogen (secondary N) is 2. The topological polar surface area (TPSA) is 76.0 Å². The number of carbonyl (C=O) groups is 2. The van der Waals surface area contributed by atoms with Crippen molar-refractivity contribution in [3.05, 3.63) is 106 Å². The molecule has 0 saturated heterocycles. The van der Waals surface area contributed by atoms with Gasteiger partial charge in [-0.3, -0.25) is 9.59 Å². The van der Waals surface area contributed by atoms with E-state index in [2.05, 4.69) is 46.8 Å². The van der Waals surface area contributed by atoms with E-state index >= 15 is 0 Å². The molecule has 6 nitrogen and oxygen atoms in total. The normalized spacial score (nSPS) is 11.7. The summed E-state index contributed by atoms with van der Waals surface area (Å²) in [7, 11) is 0. The third-order valence-corrected chi connectivity index (χ3v) is 6.46. The van der Waals surface area contributed by atoms with Gasteiger partial charge in [0.25, 0.3) is 5.91 Å². The number of carbonyl (C=O) groups excluding carboxylic acids is 2. The first kappa shape index (κ1) is 23.4. The van der Waals surface area contributed by atoms with Crippen LogP contribution in [0.1, 0.15) is 52.2 Å². The number of aromatic nitrogens is 2. The Morgan fingerprint density at radius 3 is 2.65 bits per heavy atom. The summed E-state index contributed by atoms with van der Waals surface area (Å²) in [5.74, 6) is -0.305. The Bertz CT molecular complexity index is 1200. The van der Waals surface area contributed by atoms with E-state index in [1.54, 1.807) is 48.1 Å². The molecule has 1 unspecified atom stereocenters. The molecule has 0 aliphatic heterocycles. The lowest BCUT2D eigenvalue weighted by Gasteiger charge is -2.19. The van der Waals surface area contributed by atoms with Gasteiger partial charge < -0.3 is 15.2 Å². The average molecular weight is 473 g/mol. The van der Waals surface area contributed by atoms with Crippen LogP contribution in [0.2, 0.25) is 0 Å². The van der Waals surface area contributed by atoms with E-state index in [-0.39, 0.29) is 17.9 Å². The number of anilines is 1. The third-order valence-electron chi connectivity index (χ3n) is 5.52. The van der Waals surface area contributed by atoms with Crippen LogP contribution in [-0.2, 0) is 17.8 Å². The largest absolute Gasteiger partial charge is 0.340 e. The highest BCUT2D eigenvalue weighted by molar-refractivity contribution is 7.10. The molecule has 0 fully saturated rings. The smallest absolute Gasteiger partial charge is 0.252 e. The summed E-state index contributed by atoms with van der Waals surface area (Å²) in [5.41, 5.74) is 3.43. The van der Waals surface area contributed by atoms with Crippen molar-refractivity contribution in [3.8, 4) is 0 Å². The van der Waals surface area contributed by atoms with Crippen LogP contribution in [0.15, 0.2) is 84.8 Å². The minimum atomic E-state index is -0.239.